The lowest BCUT2D eigenvalue weighted by molar-refractivity contribution is -0.148. The Morgan fingerprint density at radius 1 is 1.62 bits per heavy atom. The zero-order valence-corrected chi connectivity index (χ0v) is 4.30. The second-order valence-electron chi connectivity index (χ2n) is 2.04. The highest BCUT2D eigenvalue weighted by molar-refractivity contribution is 5.71. The van der Waals surface area contributed by atoms with Gasteiger partial charge in [0.25, 0.3) is 0 Å². The summed E-state index contributed by atoms with van der Waals surface area (Å²) in [4.78, 5) is 9.95. The minimum Gasteiger partial charge on any atom is -0.481 e. The van der Waals surface area contributed by atoms with E-state index in [1.54, 1.807) is 0 Å². The molecule has 1 fully saturated rings. The summed E-state index contributed by atoms with van der Waals surface area (Å²) in [6.45, 7) is 0. The van der Waals surface area contributed by atoms with Crippen LogP contribution in [0.25, 0.3) is 0 Å². The van der Waals surface area contributed by atoms with Crippen molar-refractivity contribution in [2.24, 2.45) is 5.92 Å². The molecule has 0 amide bonds. The monoisotopic (exact) mass is 118 g/mol. The van der Waals surface area contributed by atoms with Gasteiger partial charge in [0.1, 0.15) is 6.17 Å². The Labute approximate surface area is 46.3 Å². The van der Waals surface area contributed by atoms with Crippen molar-refractivity contribution in [1.29, 1.82) is 0 Å². The quantitative estimate of drug-likeness (QED) is 0.553. The summed E-state index contributed by atoms with van der Waals surface area (Å²) in [5, 5.41) is 8.16. The molecule has 1 rings (SSSR count). The molecule has 0 aromatic rings. The fourth-order valence-electron chi connectivity index (χ4n) is 0.738. The smallest absolute Gasteiger partial charge is 0.309 e. The van der Waals surface area contributed by atoms with E-state index in [1.807, 2.05) is 0 Å². The second-order valence-corrected chi connectivity index (χ2v) is 2.04. The molecule has 0 radical (unpaired) electrons. The molecule has 0 saturated heterocycles. The van der Waals surface area contributed by atoms with Crippen molar-refractivity contribution in [1.82, 2.24) is 0 Å². The Balaban J connectivity index is 2.37. The van der Waals surface area contributed by atoms with Gasteiger partial charge >= 0.3 is 5.97 Å². The molecule has 46 valence electrons. The molecule has 0 aromatic heterocycles. The van der Waals surface area contributed by atoms with Gasteiger partial charge in [-0.15, -0.1) is 0 Å². The highest BCUT2D eigenvalue weighted by Crippen LogP contribution is 2.29. The maximum atomic E-state index is 12.1. The Kier molecular flexibility index (Phi) is 1.19. The van der Waals surface area contributed by atoms with Crippen molar-refractivity contribution in [3.05, 3.63) is 0 Å². The summed E-state index contributed by atoms with van der Waals surface area (Å²) < 4.78 is 12.1. The van der Waals surface area contributed by atoms with Crippen LogP contribution in [0.1, 0.15) is 12.8 Å². The highest BCUT2D eigenvalue weighted by atomic mass is 19.1. The molecule has 2 atom stereocenters. The second kappa shape index (κ2) is 1.73. The van der Waals surface area contributed by atoms with Crippen molar-refractivity contribution < 1.29 is 14.3 Å². The van der Waals surface area contributed by atoms with Crippen LogP contribution in [0.3, 0.4) is 0 Å². The van der Waals surface area contributed by atoms with Crippen LogP contribution < -0.4 is 0 Å². The summed E-state index contributed by atoms with van der Waals surface area (Å²) in [6.07, 6.45) is -0.138. The number of rotatable bonds is 1. The summed E-state index contributed by atoms with van der Waals surface area (Å²) in [7, 11) is 0. The van der Waals surface area contributed by atoms with E-state index in [2.05, 4.69) is 0 Å². The maximum absolute atomic E-state index is 12.1. The molecule has 1 aliphatic rings. The SMILES string of the molecule is O=C(O)[C@H]1CC[C@@H]1F. The van der Waals surface area contributed by atoms with Crippen LogP contribution in [0.5, 0.6) is 0 Å². The normalized spacial score (nSPS) is 36.1. The average Bonchev–Trinajstić information content (AvgIpc) is 1.61. The van der Waals surface area contributed by atoms with Gasteiger partial charge in [0.05, 0.1) is 5.92 Å². The minimum absolute atomic E-state index is 0.428. The number of carboxylic acid groups (broad SMARTS) is 1. The molecule has 1 aliphatic carbocycles. The predicted molar refractivity (Wildman–Crippen MR) is 25.3 cm³/mol. The van der Waals surface area contributed by atoms with Crippen LogP contribution in [0.2, 0.25) is 0 Å². The van der Waals surface area contributed by atoms with E-state index < -0.39 is 18.1 Å². The molecular formula is C5H7FO2. The van der Waals surface area contributed by atoms with E-state index in [1.165, 1.54) is 0 Å². The third kappa shape index (κ3) is 0.680. The summed E-state index contributed by atoms with van der Waals surface area (Å²) in [5.74, 6) is -1.70. The van der Waals surface area contributed by atoms with E-state index in [-0.39, 0.29) is 0 Å². The number of aliphatic carboxylic acids is 1. The van der Waals surface area contributed by atoms with Crippen LogP contribution in [0, 0.1) is 5.92 Å². The molecule has 1 N–H and O–H groups in total. The average molecular weight is 118 g/mol. The van der Waals surface area contributed by atoms with E-state index in [4.69, 9.17) is 5.11 Å². The Morgan fingerprint density at radius 3 is 2.25 bits per heavy atom. The fourth-order valence-corrected chi connectivity index (χ4v) is 0.738. The van der Waals surface area contributed by atoms with Crippen LogP contribution in [0.4, 0.5) is 4.39 Å². The van der Waals surface area contributed by atoms with E-state index in [9.17, 15) is 9.18 Å². The van der Waals surface area contributed by atoms with Gasteiger partial charge in [-0.3, -0.25) is 4.79 Å². The van der Waals surface area contributed by atoms with Gasteiger partial charge in [-0.25, -0.2) is 4.39 Å². The molecular weight excluding hydrogens is 111 g/mol. The molecule has 0 aromatic carbocycles. The molecule has 0 unspecified atom stereocenters. The summed E-state index contributed by atoms with van der Waals surface area (Å²) in [5.41, 5.74) is 0. The van der Waals surface area contributed by atoms with Gasteiger partial charge in [-0.05, 0) is 12.8 Å². The first-order valence-electron chi connectivity index (χ1n) is 2.58. The lowest BCUT2D eigenvalue weighted by atomic mass is 9.83. The van der Waals surface area contributed by atoms with Crippen molar-refractivity contribution in [2.45, 2.75) is 19.0 Å². The minimum atomic E-state index is -1.08. The van der Waals surface area contributed by atoms with Gasteiger partial charge in [0, 0.05) is 0 Å². The number of carbonyl (C=O) groups is 1. The Hall–Kier alpha value is -0.600. The lowest BCUT2D eigenvalue weighted by Gasteiger charge is -2.25. The number of carboxylic acids is 1. The molecule has 3 heteroatoms. The third-order valence-corrected chi connectivity index (χ3v) is 1.51. The van der Waals surface area contributed by atoms with E-state index in [0.29, 0.717) is 12.8 Å². The van der Waals surface area contributed by atoms with Gasteiger partial charge in [-0.1, -0.05) is 0 Å². The largest absolute Gasteiger partial charge is 0.481 e. The maximum Gasteiger partial charge on any atom is 0.309 e. The number of hydrogen-bond donors (Lipinski definition) is 1. The van der Waals surface area contributed by atoms with Crippen LogP contribution in [0.15, 0.2) is 0 Å². The Bertz CT molecular complexity index is 113. The molecule has 1 saturated carbocycles. The predicted octanol–water partition coefficient (Wildman–Crippen LogP) is 0.819. The highest BCUT2D eigenvalue weighted by Gasteiger charge is 2.36. The number of hydrogen-bond acceptors (Lipinski definition) is 1. The van der Waals surface area contributed by atoms with Crippen molar-refractivity contribution in [3.63, 3.8) is 0 Å². The number of alkyl halides is 1. The standard InChI is InChI=1S/C5H7FO2/c6-4-2-1-3(4)5(7)8/h3-4H,1-2H2,(H,7,8)/t3-,4-/m0/s1. The molecule has 0 aliphatic heterocycles. The van der Waals surface area contributed by atoms with E-state index >= 15 is 0 Å². The van der Waals surface area contributed by atoms with Gasteiger partial charge in [-0.2, -0.15) is 0 Å². The third-order valence-electron chi connectivity index (χ3n) is 1.51. The van der Waals surface area contributed by atoms with Crippen LogP contribution in [-0.2, 0) is 4.79 Å². The zero-order chi connectivity index (χ0) is 6.15. The lowest BCUT2D eigenvalue weighted by Crippen LogP contribution is -2.33. The fraction of sp³-hybridized carbons (Fsp3) is 0.800. The van der Waals surface area contributed by atoms with Crippen molar-refractivity contribution in [2.75, 3.05) is 0 Å². The first kappa shape index (κ1) is 5.54. The summed E-state index contributed by atoms with van der Waals surface area (Å²) in [6, 6.07) is 0. The van der Waals surface area contributed by atoms with Gasteiger partial charge in [0.2, 0.25) is 0 Å². The Morgan fingerprint density at radius 2 is 2.25 bits per heavy atom. The number of halogens is 1. The van der Waals surface area contributed by atoms with Crippen molar-refractivity contribution in [3.8, 4) is 0 Å². The zero-order valence-electron chi connectivity index (χ0n) is 4.30. The summed E-state index contributed by atoms with van der Waals surface area (Å²) >= 11 is 0. The van der Waals surface area contributed by atoms with E-state index in [0.717, 1.165) is 0 Å². The molecule has 2 nitrogen and oxygen atoms in total. The molecule has 0 spiro atoms. The van der Waals surface area contributed by atoms with Crippen LogP contribution >= 0.6 is 0 Å². The molecule has 8 heavy (non-hydrogen) atoms. The first-order chi connectivity index (χ1) is 3.72. The molecule has 0 heterocycles. The topological polar surface area (TPSA) is 37.3 Å². The van der Waals surface area contributed by atoms with Crippen molar-refractivity contribution >= 4 is 5.97 Å². The molecule has 0 bridgehead atoms. The first-order valence-corrected chi connectivity index (χ1v) is 2.58. The van der Waals surface area contributed by atoms with Crippen LogP contribution in [-0.4, -0.2) is 17.2 Å². The van der Waals surface area contributed by atoms with Gasteiger partial charge in [0.15, 0.2) is 0 Å². The van der Waals surface area contributed by atoms with Gasteiger partial charge < -0.3 is 5.11 Å².